The second kappa shape index (κ2) is 7.83. The molecule has 0 radical (unpaired) electrons. The highest BCUT2D eigenvalue weighted by Gasteiger charge is 2.13. The molecule has 130 valence electrons. The van der Waals surface area contributed by atoms with Crippen molar-refractivity contribution in [2.24, 2.45) is 0 Å². The largest absolute Gasteiger partial charge is 0.466 e. The molecule has 0 spiro atoms. The molecule has 0 aliphatic carbocycles. The molecule has 0 saturated carbocycles. The third-order valence-corrected chi connectivity index (χ3v) is 4.16. The Morgan fingerprint density at radius 3 is 2.96 bits per heavy atom. The number of carbonyl (C=O) groups excluding carboxylic acids is 1. The second-order valence-electron chi connectivity index (χ2n) is 5.92. The molecule has 0 bridgehead atoms. The molecule has 0 aliphatic heterocycles. The van der Waals surface area contributed by atoms with Crippen LogP contribution in [-0.4, -0.2) is 37.1 Å². The molecule has 0 amide bonds. The smallest absolute Gasteiger partial charge is 0.306 e. The van der Waals surface area contributed by atoms with E-state index in [9.17, 15) is 4.79 Å². The van der Waals surface area contributed by atoms with Crippen molar-refractivity contribution in [1.29, 1.82) is 0 Å². The predicted molar refractivity (Wildman–Crippen MR) is 92.1 cm³/mol. The fraction of sp³-hybridized carbons (Fsp3) is 0.389. The lowest BCUT2D eigenvalue weighted by Gasteiger charge is -2.10. The van der Waals surface area contributed by atoms with Gasteiger partial charge < -0.3 is 4.74 Å². The summed E-state index contributed by atoms with van der Waals surface area (Å²) in [6.07, 6.45) is 7.63. The van der Waals surface area contributed by atoms with Crippen LogP contribution in [0, 0.1) is 13.8 Å². The number of esters is 1. The number of fused-ring (bicyclic) bond motifs is 1. The van der Waals surface area contributed by atoms with Gasteiger partial charge >= 0.3 is 5.97 Å². The number of ether oxygens (including phenoxy) is 1. The van der Waals surface area contributed by atoms with E-state index in [1.807, 2.05) is 32.2 Å². The molecule has 3 aromatic heterocycles. The molecule has 0 fully saturated rings. The third-order valence-electron chi connectivity index (χ3n) is 4.16. The van der Waals surface area contributed by atoms with Crippen molar-refractivity contribution in [2.75, 3.05) is 6.61 Å². The maximum atomic E-state index is 12.0. The number of nitrogens with zero attached hydrogens (tertiary/aromatic N) is 5. The predicted octanol–water partition coefficient (Wildman–Crippen LogP) is 2.24. The van der Waals surface area contributed by atoms with Gasteiger partial charge in [-0.15, -0.1) is 0 Å². The van der Waals surface area contributed by atoms with E-state index in [2.05, 4.69) is 20.1 Å². The molecule has 3 aromatic rings. The summed E-state index contributed by atoms with van der Waals surface area (Å²) < 4.78 is 7.02. The highest BCUT2D eigenvalue weighted by molar-refractivity contribution is 5.69. The highest BCUT2D eigenvalue weighted by Crippen LogP contribution is 2.15. The topological polar surface area (TPSA) is 82.3 Å². The molecular weight excluding hydrogens is 318 g/mol. The molecular formula is C18H21N5O2. The summed E-state index contributed by atoms with van der Waals surface area (Å²) in [5, 5.41) is 4.16. The van der Waals surface area contributed by atoms with E-state index in [4.69, 9.17) is 4.74 Å². The number of carbonyl (C=O) groups is 1. The van der Waals surface area contributed by atoms with Gasteiger partial charge in [0.2, 0.25) is 0 Å². The monoisotopic (exact) mass is 339 g/mol. The van der Waals surface area contributed by atoms with Gasteiger partial charge in [-0.3, -0.25) is 9.78 Å². The minimum Gasteiger partial charge on any atom is -0.466 e. The highest BCUT2D eigenvalue weighted by atomic mass is 16.5. The van der Waals surface area contributed by atoms with Crippen molar-refractivity contribution >= 4 is 11.7 Å². The summed E-state index contributed by atoms with van der Waals surface area (Å²) in [7, 11) is 0. The van der Waals surface area contributed by atoms with Gasteiger partial charge in [-0.2, -0.15) is 10.1 Å². The van der Waals surface area contributed by atoms with Crippen LogP contribution in [0.4, 0.5) is 0 Å². The third kappa shape index (κ3) is 4.17. The fourth-order valence-electron chi connectivity index (χ4n) is 2.82. The minimum atomic E-state index is -0.191. The minimum absolute atomic E-state index is 0.191. The van der Waals surface area contributed by atoms with Gasteiger partial charge in [0.25, 0.3) is 5.78 Å². The zero-order chi connectivity index (χ0) is 17.6. The van der Waals surface area contributed by atoms with E-state index in [1.165, 1.54) is 6.33 Å². The molecule has 25 heavy (non-hydrogen) atoms. The van der Waals surface area contributed by atoms with Crippen LogP contribution in [0.15, 0.2) is 30.9 Å². The molecule has 0 unspecified atom stereocenters. The molecule has 3 heterocycles. The zero-order valence-electron chi connectivity index (χ0n) is 14.5. The van der Waals surface area contributed by atoms with Crippen molar-refractivity contribution in [3.63, 3.8) is 0 Å². The first-order valence-electron chi connectivity index (χ1n) is 8.35. The lowest BCUT2D eigenvalue weighted by Crippen LogP contribution is -2.11. The van der Waals surface area contributed by atoms with Crippen LogP contribution < -0.4 is 0 Å². The quantitative estimate of drug-likeness (QED) is 0.485. The van der Waals surface area contributed by atoms with Crippen LogP contribution in [0.25, 0.3) is 5.78 Å². The number of hydrogen-bond acceptors (Lipinski definition) is 6. The van der Waals surface area contributed by atoms with Gasteiger partial charge in [0.15, 0.2) is 0 Å². The Morgan fingerprint density at radius 2 is 2.16 bits per heavy atom. The Bertz CT molecular complexity index is 861. The Balaban J connectivity index is 1.47. The number of aromatic nitrogens is 5. The van der Waals surface area contributed by atoms with E-state index >= 15 is 0 Å². The second-order valence-corrected chi connectivity index (χ2v) is 5.92. The molecule has 0 N–H and O–H groups in total. The van der Waals surface area contributed by atoms with E-state index in [0.29, 0.717) is 25.2 Å². The van der Waals surface area contributed by atoms with Crippen molar-refractivity contribution < 1.29 is 9.53 Å². The van der Waals surface area contributed by atoms with Gasteiger partial charge in [-0.1, -0.05) is 6.07 Å². The summed E-state index contributed by atoms with van der Waals surface area (Å²) in [5.41, 5.74) is 4.01. The first-order valence-corrected chi connectivity index (χ1v) is 8.35. The maximum absolute atomic E-state index is 12.0. The Hall–Kier alpha value is -2.83. The molecule has 0 aliphatic rings. The molecule has 0 atom stereocenters. The zero-order valence-corrected chi connectivity index (χ0v) is 14.5. The van der Waals surface area contributed by atoms with Gasteiger partial charge in [-0.05, 0) is 50.3 Å². The van der Waals surface area contributed by atoms with Gasteiger partial charge in [0.05, 0.1) is 6.61 Å². The molecule has 0 aromatic carbocycles. The van der Waals surface area contributed by atoms with E-state index in [1.54, 1.807) is 10.7 Å². The Morgan fingerprint density at radius 1 is 1.28 bits per heavy atom. The normalized spacial score (nSPS) is 11.0. The number of aryl methyl sites for hydroxylation is 3. The number of rotatable bonds is 7. The van der Waals surface area contributed by atoms with Crippen LogP contribution in [0.1, 0.15) is 35.4 Å². The van der Waals surface area contributed by atoms with E-state index in [0.717, 1.165) is 35.4 Å². The van der Waals surface area contributed by atoms with Gasteiger partial charge in [0.1, 0.15) is 6.33 Å². The van der Waals surface area contributed by atoms with Crippen LogP contribution in [0.5, 0.6) is 0 Å². The summed E-state index contributed by atoms with van der Waals surface area (Å²) >= 11 is 0. The van der Waals surface area contributed by atoms with Crippen LogP contribution in [-0.2, 0) is 22.4 Å². The Kier molecular flexibility index (Phi) is 5.33. The molecule has 0 saturated heterocycles. The number of pyridine rings is 1. The van der Waals surface area contributed by atoms with E-state index < -0.39 is 0 Å². The molecule has 7 heteroatoms. The van der Waals surface area contributed by atoms with Crippen LogP contribution in [0.2, 0.25) is 0 Å². The van der Waals surface area contributed by atoms with Gasteiger partial charge in [0, 0.05) is 30.2 Å². The van der Waals surface area contributed by atoms with Crippen LogP contribution in [0.3, 0.4) is 0 Å². The summed E-state index contributed by atoms with van der Waals surface area (Å²) in [5.74, 6) is 0.389. The number of hydrogen-bond donors (Lipinski definition) is 0. The molecule has 3 rings (SSSR count). The van der Waals surface area contributed by atoms with Crippen LogP contribution >= 0.6 is 0 Å². The van der Waals surface area contributed by atoms with Crippen molar-refractivity contribution in [3.8, 4) is 0 Å². The average molecular weight is 339 g/mol. The van der Waals surface area contributed by atoms with E-state index in [-0.39, 0.29) is 5.97 Å². The SMILES string of the molecule is Cc1nc2ncnn2c(C)c1CCC(=O)OCCCc1cccnc1. The van der Waals surface area contributed by atoms with Crippen molar-refractivity contribution in [1.82, 2.24) is 24.6 Å². The summed E-state index contributed by atoms with van der Waals surface area (Å²) in [6, 6.07) is 3.93. The maximum Gasteiger partial charge on any atom is 0.306 e. The summed E-state index contributed by atoms with van der Waals surface area (Å²) in [4.78, 5) is 24.6. The summed E-state index contributed by atoms with van der Waals surface area (Å²) in [6.45, 7) is 4.31. The lowest BCUT2D eigenvalue weighted by molar-refractivity contribution is -0.143. The first-order chi connectivity index (χ1) is 12.1. The lowest BCUT2D eigenvalue weighted by atomic mass is 10.1. The van der Waals surface area contributed by atoms with Crippen molar-refractivity contribution in [2.45, 2.75) is 39.5 Å². The molecule has 7 nitrogen and oxygen atoms in total. The Labute approximate surface area is 146 Å². The van der Waals surface area contributed by atoms with Gasteiger partial charge in [-0.25, -0.2) is 9.50 Å². The standard InChI is InChI=1S/C18H21N5O2/c1-13-16(14(2)23-18(22-13)20-12-21-23)7-8-17(24)25-10-4-6-15-5-3-9-19-11-15/h3,5,9,11-12H,4,6-8,10H2,1-2H3. The van der Waals surface area contributed by atoms with Crippen molar-refractivity contribution in [3.05, 3.63) is 53.4 Å². The first kappa shape index (κ1) is 17.0. The average Bonchev–Trinajstić information content (AvgIpc) is 3.08. The fourth-order valence-corrected chi connectivity index (χ4v) is 2.82.